The molecule has 324 valence electrons. The Morgan fingerprint density at radius 3 is 1.50 bits per heavy atom. The van der Waals surface area contributed by atoms with Gasteiger partial charge in [0.1, 0.15) is 19.8 Å². The average molecular weight is 809 g/mol. The lowest BCUT2D eigenvalue weighted by Gasteiger charge is -2.24. The summed E-state index contributed by atoms with van der Waals surface area (Å²) in [6.45, 7) is 4.30. The number of rotatable bonds is 39. The van der Waals surface area contributed by atoms with Gasteiger partial charge in [0.15, 0.2) is 6.10 Å². The zero-order valence-electron chi connectivity index (χ0n) is 36.3. The predicted octanol–water partition coefficient (Wildman–Crippen LogP) is 12.5. The fourth-order valence-electron chi connectivity index (χ4n) is 5.58. The summed E-state index contributed by atoms with van der Waals surface area (Å²) in [5.74, 6) is -0.896. The summed E-state index contributed by atoms with van der Waals surface area (Å²) in [7, 11) is 1.43. The highest BCUT2D eigenvalue weighted by Gasteiger charge is 2.27. The van der Waals surface area contributed by atoms with Gasteiger partial charge in [0.25, 0.3) is 0 Å². The van der Waals surface area contributed by atoms with E-state index in [1.165, 1.54) is 89.9 Å². The van der Waals surface area contributed by atoms with Crippen molar-refractivity contribution in [3.63, 3.8) is 0 Å². The van der Waals surface area contributed by atoms with Crippen LogP contribution in [-0.2, 0) is 32.7 Å². The van der Waals surface area contributed by atoms with Gasteiger partial charge in [0.05, 0.1) is 27.7 Å². The Bertz CT molecular complexity index is 1140. The number of unbranched alkanes of at least 4 members (excludes halogenated alkanes) is 15. The summed E-state index contributed by atoms with van der Waals surface area (Å²) in [6, 6.07) is 0. The minimum absolute atomic E-state index is 0.0171. The number of phosphoric acid groups is 1. The smallest absolute Gasteiger partial charge is 0.462 e. The molecule has 0 saturated heterocycles. The number of likely N-dealkylation sites (N-methyl/N-ethyl adjacent to an activating group) is 1. The van der Waals surface area contributed by atoms with Crippen LogP contribution in [0.2, 0.25) is 0 Å². The van der Waals surface area contributed by atoms with Gasteiger partial charge in [-0.2, -0.15) is 0 Å². The Morgan fingerprint density at radius 2 is 1.00 bits per heavy atom. The molecule has 0 rings (SSSR count). The first kappa shape index (κ1) is 53.7. The molecule has 0 aliphatic heterocycles. The van der Waals surface area contributed by atoms with E-state index in [2.05, 4.69) is 62.5 Å². The Balaban J connectivity index is 4.50. The zero-order chi connectivity index (χ0) is 41.4. The minimum atomic E-state index is -4.39. The van der Waals surface area contributed by atoms with E-state index >= 15 is 0 Å². The van der Waals surface area contributed by atoms with Crippen LogP contribution in [0.1, 0.15) is 168 Å². The first-order valence-corrected chi connectivity index (χ1v) is 23.5. The van der Waals surface area contributed by atoms with Crippen molar-refractivity contribution in [2.75, 3.05) is 47.5 Å². The van der Waals surface area contributed by atoms with E-state index in [1.807, 2.05) is 33.3 Å². The van der Waals surface area contributed by atoms with Gasteiger partial charge in [-0.25, -0.2) is 4.57 Å². The van der Waals surface area contributed by atoms with Crippen molar-refractivity contribution in [2.45, 2.75) is 174 Å². The molecule has 1 N–H and O–H groups in total. The third-order valence-corrected chi connectivity index (χ3v) is 10.0. The van der Waals surface area contributed by atoms with Crippen LogP contribution in [0.5, 0.6) is 0 Å². The minimum Gasteiger partial charge on any atom is -0.462 e. The first-order chi connectivity index (χ1) is 27.0. The highest BCUT2D eigenvalue weighted by molar-refractivity contribution is 7.47. The Morgan fingerprint density at radius 1 is 0.554 bits per heavy atom. The van der Waals surface area contributed by atoms with Gasteiger partial charge in [0.2, 0.25) is 0 Å². The second kappa shape index (κ2) is 38.2. The first-order valence-electron chi connectivity index (χ1n) is 22.0. The molecule has 56 heavy (non-hydrogen) atoms. The summed E-state index contributed by atoms with van der Waals surface area (Å²) >= 11 is 0. The van der Waals surface area contributed by atoms with Crippen molar-refractivity contribution in [1.82, 2.24) is 0 Å². The van der Waals surface area contributed by atoms with Gasteiger partial charge < -0.3 is 18.9 Å². The van der Waals surface area contributed by atoms with Crippen molar-refractivity contribution < 1.29 is 42.1 Å². The maximum absolute atomic E-state index is 12.6. The fourth-order valence-corrected chi connectivity index (χ4v) is 6.33. The molecule has 0 aromatic carbocycles. The molecule has 0 fully saturated rings. The molecular weight excluding hydrogens is 725 g/mol. The topological polar surface area (TPSA) is 108 Å². The number of carbonyl (C=O) groups excluding carboxylic acids is 2. The second-order valence-corrected chi connectivity index (χ2v) is 17.2. The summed E-state index contributed by atoms with van der Waals surface area (Å²) in [5, 5.41) is 0. The van der Waals surface area contributed by atoms with Gasteiger partial charge in [-0.1, -0.05) is 164 Å². The molecule has 10 heteroatoms. The fraction of sp³-hybridized carbons (Fsp3) is 0.739. The molecule has 0 amide bonds. The van der Waals surface area contributed by atoms with Crippen LogP contribution in [0.15, 0.2) is 60.8 Å². The zero-order valence-corrected chi connectivity index (χ0v) is 37.2. The maximum Gasteiger partial charge on any atom is 0.472 e. The standard InChI is InChI=1S/C46H82NO8P/c1-6-8-10-12-14-16-18-20-21-22-23-24-25-27-29-31-33-35-37-39-46(49)55-44(43-54-56(50,51)53-41-40-47(3,4)5)42-52-45(48)38-36-34-32-30-28-26-19-17-15-13-11-9-7-2/h14,16,20-21,23-24,27,29,33,35,44H,6-13,15,17-19,22,25-26,28,30-32,34,36-43H2,1-5H3/p+1/b16-14+,21-20+,24-23+,29-27+,35-33+/t44-/m1/s1. The molecule has 0 aliphatic carbocycles. The van der Waals surface area contributed by atoms with E-state index in [0.717, 1.165) is 44.9 Å². The van der Waals surface area contributed by atoms with Crippen LogP contribution in [0, 0.1) is 0 Å². The van der Waals surface area contributed by atoms with Crippen LogP contribution in [-0.4, -0.2) is 74.9 Å². The van der Waals surface area contributed by atoms with Crippen molar-refractivity contribution in [2.24, 2.45) is 0 Å². The number of allylic oxidation sites excluding steroid dienone is 10. The number of hydrogen-bond acceptors (Lipinski definition) is 7. The number of nitrogens with zero attached hydrogens (tertiary/aromatic N) is 1. The second-order valence-electron chi connectivity index (χ2n) is 15.7. The molecule has 1 unspecified atom stereocenters. The molecule has 0 heterocycles. The van der Waals surface area contributed by atoms with Crippen LogP contribution < -0.4 is 0 Å². The van der Waals surface area contributed by atoms with Gasteiger partial charge >= 0.3 is 19.8 Å². The lowest BCUT2D eigenvalue weighted by atomic mass is 10.0. The van der Waals surface area contributed by atoms with Crippen LogP contribution in [0.3, 0.4) is 0 Å². The lowest BCUT2D eigenvalue weighted by molar-refractivity contribution is -0.870. The molecule has 0 radical (unpaired) electrons. The van der Waals surface area contributed by atoms with E-state index in [0.29, 0.717) is 17.4 Å². The number of phosphoric ester groups is 1. The van der Waals surface area contributed by atoms with Crippen molar-refractivity contribution >= 4 is 19.8 Å². The van der Waals surface area contributed by atoms with Crippen molar-refractivity contribution in [3.8, 4) is 0 Å². The highest BCUT2D eigenvalue weighted by atomic mass is 31.2. The third kappa shape index (κ3) is 41.3. The quantitative estimate of drug-likeness (QED) is 0.0215. The summed E-state index contributed by atoms with van der Waals surface area (Å²) in [5.41, 5.74) is 0. The molecule has 0 aromatic rings. The predicted molar refractivity (Wildman–Crippen MR) is 233 cm³/mol. The van der Waals surface area contributed by atoms with Crippen molar-refractivity contribution in [3.05, 3.63) is 60.8 Å². The SMILES string of the molecule is CCCCC/C=C/C/C=C/C/C=C/C/C=C/C/C=C/CCC(=O)O[C@H](COC(=O)CCCCCCCCCCCCCCC)COP(=O)(O)OCC[N+](C)(C)C. The van der Waals surface area contributed by atoms with Crippen LogP contribution >= 0.6 is 7.82 Å². The molecule has 0 aliphatic rings. The molecule has 0 spiro atoms. The molecule has 0 saturated carbocycles. The third-order valence-electron chi connectivity index (χ3n) is 9.06. The highest BCUT2D eigenvalue weighted by Crippen LogP contribution is 2.43. The number of hydrogen-bond donors (Lipinski definition) is 1. The molecule has 0 bridgehead atoms. The molecule has 2 atom stereocenters. The monoisotopic (exact) mass is 809 g/mol. The number of esters is 2. The van der Waals surface area contributed by atoms with Gasteiger partial charge in [-0.3, -0.25) is 18.6 Å². The van der Waals surface area contributed by atoms with Gasteiger partial charge in [0, 0.05) is 12.8 Å². The summed E-state index contributed by atoms with van der Waals surface area (Å²) in [6.07, 6.45) is 45.7. The van der Waals surface area contributed by atoms with E-state index in [4.69, 9.17) is 18.5 Å². The van der Waals surface area contributed by atoms with Gasteiger partial charge in [-0.15, -0.1) is 0 Å². The Kier molecular flexibility index (Phi) is 36.7. The van der Waals surface area contributed by atoms with Crippen molar-refractivity contribution in [1.29, 1.82) is 0 Å². The molecular formula is C46H83NO8P+. The maximum atomic E-state index is 12.6. The van der Waals surface area contributed by atoms with E-state index in [1.54, 1.807) is 0 Å². The van der Waals surface area contributed by atoms with Crippen LogP contribution in [0.25, 0.3) is 0 Å². The van der Waals surface area contributed by atoms with E-state index in [-0.39, 0.29) is 32.0 Å². The van der Waals surface area contributed by atoms with Gasteiger partial charge in [-0.05, 0) is 51.4 Å². The molecule has 0 aromatic heterocycles. The Hall–Kier alpha value is -2.29. The lowest BCUT2D eigenvalue weighted by Crippen LogP contribution is -2.37. The number of quaternary nitrogens is 1. The number of ether oxygens (including phenoxy) is 2. The largest absolute Gasteiger partial charge is 0.472 e. The molecule has 9 nitrogen and oxygen atoms in total. The van der Waals surface area contributed by atoms with E-state index in [9.17, 15) is 19.0 Å². The summed E-state index contributed by atoms with van der Waals surface area (Å²) < 4.78 is 34.2. The summed E-state index contributed by atoms with van der Waals surface area (Å²) in [4.78, 5) is 35.3. The normalized spacial score (nSPS) is 14.2. The Labute approximate surface area is 343 Å². The van der Waals surface area contributed by atoms with E-state index < -0.39 is 26.5 Å². The van der Waals surface area contributed by atoms with Crippen LogP contribution in [0.4, 0.5) is 0 Å². The number of carbonyl (C=O) groups is 2. The average Bonchev–Trinajstić information content (AvgIpc) is 3.15.